The number of aryl methyl sites for hydroxylation is 1. The minimum Gasteiger partial charge on any atom is -0.464 e. The van der Waals surface area contributed by atoms with Crippen LogP contribution in [0.2, 0.25) is 6.32 Å². The summed E-state index contributed by atoms with van der Waals surface area (Å²) < 4.78 is 16.6. The topological polar surface area (TPSA) is 70.5 Å². The van der Waals surface area contributed by atoms with E-state index in [4.69, 9.17) is 14.0 Å². The van der Waals surface area contributed by atoms with Gasteiger partial charge < -0.3 is 14.0 Å². The molecule has 0 radical (unpaired) electrons. The molecule has 1 aliphatic heterocycles. The van der Waals surface area contributed by atoms with Gasteiger partial charge in [0.2, 0.25) is 0 Å². The number of carbonyl (C=O) groups excluding carboxylic acids is 1. The summed E-state index contributed by atoms with van der Waals surface area (Å²) in [6, 6.07) is 0. The average molecular weight is 306 g/mol. The molecule has 1 aromatic rings. The molecule has 6 nitrogen and oxygen atoms in total. The lowest BCUT2D eigenvalue weighted by atomic mass is 9.82. The standard InChI is InChI=1S/C15H23BN2O4/c1-14(2)15(3,4)22-16(21-14)8-6-7-11-12(13(19)20-5)18-10-9-17-11/h9-10H,6-8H2,1-5H3. The van der Waals surface area contributed by atoms with Gasteiger partial charge in [-0.3, -0.25) is 4.98 Å². The van der Waals surface area contributed by atoms with Crippen molar-refractivity contribution in [2.45, 2.75) is 58.1 Å². The number of hydrogen-bond donors (Lipinski definition) is 0. The first-order chi connectivity index (χ1) is 10.3. The quantitative estimate of drug-likeness (QED) is 0.614. The Bertz CT molecular complexity index is 532. The van der Waals surface area contributed by atoms with Crippen LogP contribution in [0.15, 0.2) is 12.4 Å². The molecule has 0 aliphatic carbocycles. The number of esters is 1. The monoisotopic (exact) mass is 306 g/mol. The van der Waals surface area contributed by atoms with Gasteiger partial charge in [0.25, 0.3) is 0 Å². The summed E-state index contributed by atoms with van der Waals surface area (Å²) >= 11 is 0. The van der Waals surface area contributed by atoms with Crippen LogP contribution in [0.25, 0.3) is 0 Å². The Kier molecular flexibility index (Phi) is 4.87. The number of methoxy groups -OCH3 is 1. The summed E-state index contributed by atoms with van der Waals surface area (Å²) in [5, 5.41) is 0. The van der Waals surface area contributed by atoms with E-state index in [1.807, 2.05) is 27.7 Å². The van der Waals surface area contributed by atoms with Crippen molar-refractivity contribution >= 4 is 13.1 Å². The van der Waals surface area contributed by atoms with E-state index in [1.54, 1.807) is 6.20 Å². The molecule has 1 saturated heterocycles. The number of hydrogen-bond acceptors (Lipinski definition) is 6. The van der Waals surface area contributed by atoms with E-state index >= 15 is 0 Å². The maximum Gasteiger partial charge on any atom is 0.457 e. The van der Waals surface area contributed by atoms with Crippen molar-refractivity contribution in [1.82, 2.24) is 9.97 Å². The molecule has 0 bridgehead atoms. The highest BCUT2D eigenvalue weighted by molar-refractivity contribution is 6.45. The Morgan fingerprint density at radius 2 is 1.77 bits per heavy atom. The second kappa shape index (κ2) is 6.34. The van der Waals surface area contributed by atoms with Gasteiger partial charge >= 0.3 is 13.1 Å². The minimum atomic E-state index is -0.460. The zero-order valence-corrected chi connectivity index (χ0v) is 13.9. The smallest absolute Gasteiger partial charge is 0.457 e. The lowest BCUT2D eigenvalue weighted by molar-refractivity contribution is 0.00578. The summed E-state index contributed by atoms with van der Waals surface area (Å²) in [4.78, 5) is 19.9. The van der Waals surface area contributed by atoms with Gasteiger partial charge in [-0.05, 0) is 46.9 Å². The molecule has 2 heterocycles. The molecule has 0 spiro atoms. The fourth-order valence-electron chi connectivity index (χ4n) is 2.34. The molecule has 120 valence electrons. The van der Waals surface area contributed by atoms with Crippen molar-refractivity contribution < 1.29 is 18.8 Å². The number of carbonyl (C=O) groups is 1. The van der Waals surface area contributed by atoms with E-state index in [0.717, 1.165) is 12.7 Å². The highest BCUT2D eigenvalue weighted by Crippen LogP contribution is 2.38. The summed E-state index contributed by atoms with van der Waals surface area (Å²) in [6.45, 7) is 8.13. The Balaban J connectivity index is 1.92. The predicted octanol–water partition coefficient (Wildman–Crippen LogP) is 2.29. The van der Waals surface area contributed by atoms with Crippen molar-refractivity contribution in [3.8, 4) is 0 Å². The predicted molar refractivity (Wildman–Crippen MR) is 82.6 cm³/mol. The first-order valence-corrected chi connectivity index (χ1v) is 7.50. The minimum absolute atomic E-state index is 0.233. The Hall–Kier alpha value is -1.47. The van der Waals surface area contributed by atoms with Gasteiger partial charge in [-0.15, -0.1) is 0 Å². The Labute approximate surface area is 131 Å². The third-order valence-electron chi connectivity index (χ3n) is 4.31. The lowest BCUT2D eigenvalue weighted by Crippen LogP contribution is -2.41. The molecule has 0 amide bonds. The van der Waals surface area contributed by atoms with Crippen LogP contribution < -0.4 is 0 Å². The van der Waals surface area contributed by atoms with Crippen LogP contribution >= 0.6 is 0 Å². The van der Waals surface area contributed by atoms with E-state index < -0.39 is 5.97 Å². The van der Waals surface area contributed by atoms with Crippen LogP contribution in [-0.2, 0) is 20.5 Å². The highest BCUT2D eigenvalue weighted by Gasteiger charge is 2.50. The van der Waals surface area contributed by atoms with E-state index in [0.29, 0.717) is 12.1 Å². The first kappa shape index (κ1) is 16.9. The number of rotatable bonds is 5. The Morgan fingerprint density at radius 1 is 1.18 bits per heavy atom. The molecule has 1 aliphatic rings. The lowest BCUT2D eigenvalue weighted by Gasteiger charge is -2.32. The maximum absolute atomic E-state index is 11.6. The van der Waals surface area contributed by atoms with Crippen molar-refractivity contribution in [3.05, 3.63) is 23.8 Å². The van der Waals surface area contributed by atoms with Crippen LogP contribution in [0, 0.1) is 0 Å². The van der Waals surface area contributed by atoms with Gasteiger partial charge in [-0.25, -0.2) is 9.78 Å². The SMILES string of the molecule is COC(=O)c1nccnc1CCCB1OC(C)(C)C(C)(C)O1. The van der Waals surface area contributed by atoms with E-state index in [9.17, 15) is 4.79 Å². The molecular formula is C15H23BN2O4. The molecule has 2 rings (SSSR count). The summed E-state index contributed by atoms with van der Waals surface area (Å²) in [5.74, 6) is -0.460. The molecule has 0 atom stereocenters. The van der Waals surface area contributed by atoms with Crippen molar-refractivity contribution in [1.29, 1.82) is 0 Å². The van der Waals surface area contributed by atoms with Gasteiger partial charge in [0.1, 0.15) is 0 Å². The molecule has 0 saturated carbocycles. The molecule has 22 heavy (non-hydrogen) atoms. The zero-order chi connectivity index (χ0) is 16.4. The largest absolute Gasteiger partial charge is 0.464 e. The maximum atomic E-state index is 11.6. The second-order valence-corrected chi connectivity index (χ2v) is 6.42. The van der Waals surface area contributed by atoms with Crippen molar-refractivity contribution in [2.24, 2.45) is 0 Å². The molecule has 0 N–H and O–H groups in total. The van der Waals surface area contributed by atoms with Gasteiger partial charge in [-0.1, -0.05) is 0 Å². The van der Waals surface area contributed by atoms with Crippen molar-refractivity contribution in [2.75, 3.05) is 7.11 Å². The van der Waals surface area contributed by atoms with Gasteiger partial charge in [0.05, 0.1) is 24.0 Å². The second-order valence-electron chi connectivity index (χ2n) is 6.42. The first-order valence-electron chi connectivity index (χ1n) is 7.50. The third-order valence-corrected chi connectivity index (χ3v) is 4.31. The van der Waals surface area contributed by atoms with E-state index in [-0.39, 0.29) is 24.0 Å². The van der Waals surface area contributed by atoms with Crippen LogP contribution in [0.1, 0.15) is 50.3 Å². The van der Waals surface area contributed by atoms with Gasteiger partial charge in [0.15, 0.2) is 5.69 Å². The molecule has 0 unspecified atom stereocenters. The summed E-state index contributed by atoms with van der Waals surface area (Å²) in [7, 11) is 1.11. The fraction of sp³-hybridized carbons (Fsp3) is 0.667. The number of nitrogens with zero attached hydrogens (tertiary/aromatic N) is 2. The average Bonchev–Trinajstić information content (AvgIpc) is 2.66. The molecule has 1 fully saturated rings. The van der Waals surface area contributed by atoms with Crippen LogP contribution in [0.4, 0.5) is 0 Å². The van der Waals surface area contributed by atoms with Crippen LogP contribution in [-0.4, -0.2) is 41.4 Å². The van der Waals surface area contributed by atoms with Gasteiger partial charge in [0, 0.05) is 12.4 Å². The third kappa shape index (κ3) is 3.47. The molecule has 1 aromatic heterocycles. The molecule has 7 heteroatoms. The van der Waals surface area contributed by atoms with Crippen LogP contribution in [0.5, 0.6) is 0 Å². The molecular weight excluding hydrogens is 283 g/mol. The number of aromatic nitrogens is 2. The molecule has 0 aromatic carbocycles. The fourth-order valence-corrected chi connectivity index (χ4v) is 2.34. The van der Waals surface area contributed by atoms with E-state index in [2.05, 4.69) is 9.97 Å². The summed E-state index contributed by atoms with van der Waals surface area (Å²) in [5.41, 5.74) is 0.285. The van der Waals surface area contributed by atoms with Crippen molar-refractivity contribution in [3.63, 3.8) is 0 Å². The zero-order valence-electron chi connectivity index (χ0n) is 13.9. The van der Waals surface area contributed by atoms with Crippen LogP contribution in [0.3, 0.4) is 0 Å². The Morgan fingerprint density at radius 3 is 2.36 bits per heavy atom. The summed E-state index contributed by atoms with van der Waals surface area (Å²) in [6.07, 6.45) is 5.23. The van der Waals surface area contributed by atoms with E-state index in [1.165, 1.54) is 13.3 Å². The van der Waals surface area contributed by atoms with Gasteiger partial charge in [-0.2, -0.15) is 0 Å². The number of ether oxygens (including phenoxy) is 1. The normalized spacial score (nSPS) is 19.2. The highest BCUT2D eigenvalue weighted by atomic mass is 16.7.